The number of para-hydroxylation sites is 1. The third kappa shape index (κ3) is 1.85. The molecule has 0 amide bonds. The molecule has 5 heteroatoms. The number of nitrogens with zero attached hydrogens (tertiary/aromatic N) is 3. The summed E-state index contributed by atoms with van der Waals surface area (Å²) in [6.45, 7) is 0.771. The number of rotatable bonds is 1. The van der Waals surface area contributed by atoms with E-state index < -0.39 is 0 Å². The Morgan fingerprint density at radius 3 is 3.08 bits per heavy atom. The van der Waals surface area contributed by atoms with Crippen LogP contribution in [0, 0.1) is 0 Å². The Hall–Kier alpha value is -3.34. The van der Waals surface area contributed by atoms with E-state index >= 15 is 0 Å². The van der Waals surface area contributed by atoms with Crippen LogP contribution in [-0.4, -0.2) is 21.2 Å². The maximum absolute atomic E-state index is 5.68. The highest BCUT2D eigenvalue weighted by Gasteiger charge is 2.27. The summed E-state index contributed by atoms with van der Waals surface area (Å²) < 4.78 is 7.60. The fourth-order valence-corrected chi connectivity index (χ4v) is 4.11. The molecule has 1 unspecified atom stereocenters. The fourth-order valence-electron chi connectivity index (χ4n) is 4.11. The summed E-state index contributed by atoms with van der Waals surface area (Å²) in [5, 5.41) is 8.14. The average molecular weight is 340 g/mol. The zero-order chi connectivity index (χ0) is 17.1. The SMILES string of the molecule is c1ccc2c(c1)NC(c1ccc3c(c1)CCO3)c1ccn3ncnc-2c13. The van der Waals surface area contributed by atoms with Crippen LogP contribution in [0.2, 0.25) is 0 Å². The number of hydrogen-bond donors (Lipinski definition) is 1. The van der Waals surface area contributed by atoms with E-state index in [9.17, 15) is 0 Å². The van der Waals surface area contributed by atoms with Crippen molar-refractivity contribution in [3.63, 3.8) is 0 Å². The second-order valence-corrected chi connectivity index (χ2v) is 6.76. The van der Waals surface area contributed by atoms with E-state index in [1.165, 1.54) is 16.7 Å². The molecule has 2 aliphatic heterocycles. The molecule has 0 aliphatic carbocycles. The maximum atomic E-state index is 5.68. The van der Waals surface area contributed by atoms with E-state index in [-0.39, 0.29) is 6.04 Å². The Balaban J connectivity index is 1.63. The summed E-state index contributed by atoms with van der Waals surface area (Å²) in [5.41, 5.74) is 7.92. The number of benzene rings is 2. The van der Waals surface area contributed by atoms with Gasteiger partial charge in [-0.2, -0.15) is 5.10 Å². The van der Waals surface area contributed by atoms with E-state index in [1.54, 1.807) is 6.33 Å². The molecule has 6 rings (SSSR count). The van der Waals surface area contributed by atoms with Crippen LogP contribution in [-0.2, 0) is 6.42 Å². The first-order valence-corrected chi connectivity index (χ1v) is 8.82. The lowest BCUT2D eigenvalue weighted by molar-refractivity contribution is 0.357. The van der Waals surface area contributed by atoms with Crippen LogP contribution in [0.3, 0.4) is 0 Å². The molecule has 1 atom stereocenters. The van der Waals surface area contributed by atoms with Crippen molar-refractivity contribution in [3.05, 3.63) is 77.7 Å². The van der Waals surface area contributed by atoms with E-state index in [4.69, 9.17) is 4.74 Å². The minimum Gasteiger partial charge on any atom is -0.493 e. The topological polar surface area (TPSA) is 51.5 Å². The molecule has 2 aromatic carbocycles. The van der Waals surface area contributed by atoms with Crippen LogP contribution < -0.4 is 10.1 Å². The first-order valence-electron chi connectivity index (χ1n) is 8.82. The van der Waals surface area contributed by atoms with Crippen molar-refractivity contribution < 1.29 is 4.74 Å². The first kappa shape index (κ1) is 13.9. The number of nitrogens with one attached hydrogen (secondary N) is 1. The molecule has 0 spiro atoms. The van der Waals surface area contributed by atoms with Crippen molar-refractivity contribution in [3.8, 4) is 17.0 Å². The smallest absolute Gasteiger partial charge is 0.137 e. The van der Waals surface area contributed by atoms with Gasteiger partial charge in [0.05, 0.1) is 18.2 Å². The van der Waals surface area contributed by atoms with Crippen molar-refractivity contribution in [2.45, 2.75) is 12.5 Å². The quantitative estimate of drug-likeness (QED) is 0.572. The van der Waals surface area contributed by atoms with Gasteiger partial charge in [0.15, 0.2) is 0 Å². The van der Waals surface area contributed by atoms with Gasteiger partial charge in [0, 0.05) is 29.4 Å². The molecule has 0 saturated heterocycles. The highest BCUT2D eigenvalue weighted by Crippen LogP contribution is 2.42. The Morgan fingerprint density at radius 2 is 2.08 bits per heavy atom. The summed E-state index contributed by atoms with van der Waals surface area (Å²) >= 11 is 0. The number of fused-ring (bicyclic) bond motifs is 3. The van der Waals surface area contributed by atoms with Crippen molar-refractivity contribution in [2.24, 2.45) is 0 Å². The van der Waals surface area contributed by atoms with Crippen molar-refractivity contribution >= 4 is 11.2 Å². The largest absolute Gasteiger partial charge is 0.493 e. The zero-order valence-corrected chi connectivity index (χ0v) is 14.0. The van der Waals surface area contributed by atoms with Gasteiger partial charge in [-0.25, -0.2) is 9.50 Å². The molecule has 0 radical (unpaired) electrons. The Morgan fingerprint density at radius 1 is 1.12 bits per heavy atom. The minimum absolute atomic E-state index is 0.0410. The van der Waals surface area contributed by atoms with Gasteiger partial charge in [-0.15, -0.1) is 0 Å². The molecule has 4 aromatic rings. The zero-order valence-electron chi connectivity index (χ0n) is 14.0. The van der Waals surface area contributed by atoms with Crippen LogP contribution >= 0.6 is 0 Å². The van der Waals surface area contributed by atoms with Crippen LogP contribution in [0.25, 0.3) is 16.8 Å². The standard InChI is InChI=1S/C21H16N4O/c1-2-4-17-15(3-1)20-21-16(7-9-25(21)23-12-22-20)19(24-17)14-5-6-18-13(11-14)8-10-26-18/h1-7,9,11-12,19,24H,8,10H2. The highest BCUT2D eigenvalue weighted by molar-refractivity contribution is 5.90. The van der Waals surface area contributed by atoms with Gasteiger partial charge in [-0.3, -0.25) is 0 Å². The predicted molar refractivity (Wildman–Crippen MR) is 99.5 cm³/mol. The van der Waals surface area contributed by atoms with E-state index in [1.807, 2.05) is 10.7 Å². The lowest BCUT2D eigenvalue weighted by atomic mass is 9.97. The monoisotopic (exact) mass is 340 g/mol. The van der Waals surface area contributed by atoms with Gasteiger partial charge < -0.3 is 10.1 Å². The first-order chi connectivity index (χ1) is 12.9. The van der Waals surface area contributed by atoms with Crippen LogP contribution in [0.5, 0.6) is 5.75 Å². The van der Waals surface area contributed by atoms with Crippen LogP contribution in [0.4, 0.5) is 5.69 Å². The average Bonchev–Trinajstić information content (AvgIpc) is 3.29. The lowest BCUT2D eigenvalue weighted by Gasteiger charge is -2.20. The molecule has 2 aromatic heterocycles. The van der Waals surface area contributed by atoms with E-state index in [0.29, 0.717) is 0 Å². The molecule has 2 aliphatic rings. The van der Waals surface area contributed by atoms with E-state index in [0.717, 1.165) is 41.2 Å². The summed E-state index contributed by atoms with van der Waals surface area (Å²) in [4.78, 5) is 4.61. The molecule has 0 saturated carbocycles. The Bertz CT molecular complexity index is 1160. The Kier molecular flexibility index (Phi) is 2.72. The molecule has 26 heavy (non-hydrogen) atoms. The van der Waals surface area contributed by atoms with Crippen molar-refractivity contribution in [1.82, 2.24) is 14.6 Å². The van der Waals surface area contributed by atoms with Gasteiger partial charge in [-0.05, 0) is 35.4 Å². The second-order valence-electron chi connectivity index (χ2n) is 6.76. The summed E-state index contributed by atoms with van der Waals surface area (Å²) in [6, 6.07) is 17.0. The molecule has 0 fully saturated rings. The Labute approximate surface area is 150 Å². The van der Waals surface area contributed by atoms with Crippen LogP contribution in [0.1, 0.15) is 22.7 Å². The van der Waals surface area contributed by atoms with Crippen molar-refractivity contribution in [1.29, 1.82) is 0 Å². The number of aromatic nitrogens is 3. The molecule has 5 nitrogen and oxygen atoms in total. The number of anilines is 1. The summed E-state index contributed by atoms with van der Waals surface area (Å²) in [6.07, 6.45) is 4.60. The third-order valence-corrected chi connectivity index (χ3v) is 5.32. The normalized spacial score (nSPS) is 17.2. The molecule has 4 heterocycles. The number of ether oxygens (including phenoxy) is 1. The third-order valence-electron chi connectivity index (χ3n) is 5.32. The number of hydrogen-bond acceptors (Lipinski definition) is 4. The van der Waals surface area contributed by atoms with E-state index in [2.05, 4.69) is 63.9 Å². The molecular weight excluding hydrogens is 324 g/mol. The molecular formula is C21H16N4O. The van der Waals surface area contributed by atoms with Gasteiger partial charge in [0.25, 0.3) is 0 Å². The van der Waals surface area contributed by atoms with Gasteiger partial charge in [-0.1, -0.05) is 24.3 Å². The summed E-state index contributed by atoms with van der Waals surface area (Å²) in [5.74, 6) is 1.01. The van der Waals surface area contributed by atoms with Crippen LogP contribution in [0.15, 0.2) is 61.1 Å². The fraction of sp³-hybridized carbons (Fsp3) is 0.143. The lowest BCUT2D eigenvalue weighted by Crippen LogP contribution is -2.11. The highest BCUT2D eigenvalue weighted by atomic mass is 16.5. The maximum Gasteiger partial charge on any atom is 0.137 e. The summed E-state index contributed by atoms with van der Waals surface area (Å²) in [7, 11) is 0. The van der Waals surface area contributed by atoms with Gasteiger partial charge in [0.1, 0.15) is 17.8 Å². The molecule has 0 bridgehead atoms. The molecule has 1 N–H and O–H groups in total. The van der Waals surface area contributed by atoms with Gasteiger partial charge in [0.2, 0.25) is 0 Å². The minimum atomic E-state index is 0.0410. The molecule has 126 valence electrons. The van der Waals surface area contributed by atoms with Gasteiger partial charge >= 0.3 is 0 Å². The predicted octanol–water partition coefficient (Wildman–Crippen LogP) is 3.85. The second kappa shape index (κ2) is 5.08. The van der Waals surface area contributed by atoms with Crippen molar-refractivity contribution in [2.75, 3.05) is 11.9 Å².